The molecule has 0 saturated heterocycles. The SMILES string of the molecule is NC(=O)c1ccc(F)c(S(=O)(=O)C(F)(F)F)c1. The van der Waals surface area contributed by atoms with E-state index in [9.17, 15) is 30.8 Å². The van der Waals surface area contributed by atoms with Crippen LogP contribution in [0.4, 0.5) is 17.6 Å². The number of carbonyl (C=O) groups excluding carboxylic acids is 1. The van der Waals surface area contributed by atoms with Crippen LogP contribution in [0.15, 0.2) is 23.1 Å². The molecule has 0 aliphatic carbocycles. The van der Waals surface area contributed by atoms with Crippen LogP contribution in [0.3, 0.4) is 0 Å². The maximum Gasteiger partial charge on any atom is 0.502 e. The monoisotopic (exact) mass is 271 g/mol. The number of amides is 1. The molecule has 1 rings (SSSR count). The number of alkyl halides is 3. The Morgan fingerprint density at radius 2 is 1.76 bits per heavy atom. The van der Waals surface area contributed by atoms with Gasteiger partial charge in [0.25, 0.3) is 9.84 Å². The third kappa shape index (κ3) is 2.38. The van der Waals surface area contributed by atoms with Crippen molar-refractivity contribution in [2.24, 2.45) is 5.73 Å². The normalized spacial score (nSPS) is 12.5. The van der Waals surface area contributed by atoms with Gasteiger partial charge in [-0.2, -0.15) is 13.2 Å². The summed E-state index contributed by atoms with van der Waals surface area (Å²) in [6.45, 7) is 0. The quantitative estimate of drug-likeness (QED) is 0.821. The zero-order valence-corrected chi connectivity index (χ0v) is 8.77. The number of carbonyl (C=O) groups is 1. The van der Waals surface area contributed by atoms with Crippen LogP contribution in [0.2, 0.25) is 0 Å². The van der Waals surface area contributed by atoms with E-state index in [1.165, 1.54) is 0 Å². The van der Waals surface area contributed by atoms with E-state index in [1.54, 1.807) is 0 Å². The summed E-state index contributed by atoms with van der Waals surface area (Å²) in [5.74, 6) is -2.77. The highest BCUT2D eigenvalue weighted by atomic mass is 32.2. The maximum absolute atomic E-state index is 13.0. The highest BCUT2D eigenvalue weighted by Gasteiger charge is 2.48. The Labute approximate surface area is 93.0 Å². The minimum Gasteiger partial charge on any atom is -0.366 e. The van der Waals surface area contributed by atoms with Gasteiger partial charge in [0.2, 0.25) is 5.91 Å². The molecule has 0 unspecified atom stereocenters. The molecule has 0 radical (unpaired) electrons. The second-order valence-electron chi connectivity index (χ2n) is 2.96. The minimum atomic E-state index is -5.85. The molecule has 9 heteroatoms. The Balaban J connectivity index is 3.52. The summed E-state index contributed by atoms with van der Waals surface area (Å²) in [5, 5.41) is 0. The predicted octanol–water partition coefficient (Wildman–Crippen LogP) is 1.22. The molecular weight excluding hydrogens is 266 g/mol. The van der Waals surface area contributed by atoms with Crippen molar-refractivity contribution in [3.05, 3.63) is 29.6 Å². The van der Waals surface area contributed by atoms with Crippen LogP contribution in [0, 0.1) is 5.82 Å². The van der Waals surface area contributed by atoms with Gasteiger partial charge in [-0.05, 0) is 18.2 Å². The van der Waals surface area contributed by atoms with Gasteiger partial charge in [0.05, 0.1) is 0 Å². The van der Waals surface area contributed by atoms with Gasteiger partial charge >= 0.3 is 5.51 Å². The van der Waals surface area contributed by atoms with Gasteiger partial charge in [-0.3, -0.25) is 4.79 Å². The molecular formula is C8H5F4NO3S. The van der Waals surface area contributed by atoms with Crippen molar-refractivity contribution in [1.29, 1.82) is 0 Å². The van der Waals surface area contributed by atoms with E-state index in [4.69, 9.17) is 5.73 Å². The Morgan fingerprint density at radius 3 is 2.18 bits per heavy atom. The first-order valence-corrected chi connectivity index (χ1v) is 5.46. The van der Waals surface area contributed by atoms with E-state index in [0.717, 1.165) is 6.07 Å². The molecule has 4 nitrogen and oxygen atoms in total. The lowest BCUT2D eigenvalue weighted by molar-refractivity contribution is -0.0437. The molecule has 17 heavy (non-hydrogen) atoms. The van der Waals surface area contributed by atoms with Crippen molar-refractivity contribution in [2.75, 3.05) is 0 Å². The topological polar surface area (TPSA) is 77.2 Å². The van der Waals surface area contributed by atoms with E-state index in [0.29, 0.717) is 6.07 Å². The largest absolute Gasteiger partial charge is 0.502 e. The molecule has 0 spiro atoms. The summed E-state index contributed by atoms with van der Waals surface area (Å²) in [4.78, 5) is 9.04. The number of hydrogen-bond donors (Lipinski definition) is 1. The molecule has 0 saturated carbocycles. The minimum absolute atomic E-state index is 0.250. The molecule has 1 aromatic carbocycles. The fourth-order valence-electron chi connectivity index (χ4n) is 0.987. The fourth-order valence-corrected chi connectivity index (χ4v) is 1.84. The lowest BCUT2D eigenvalue weighted by atomic mass is 10.2. The Bertz CT molecular complexity index is 565. The number of benzene rings is 1. The van der Waals surface area contributed by atoms with Crippen LogP contribution in [-0.4, -0.2) is 19.8 Å². The summed E-state index contributed by atoms with van der Waals surface area (Å²) in [7, 11) is -5.85. The van der Waals surface area contributed by atoms with Gasteiger partial charge in [-0.15, -0.1) is 0 Å². The Kier molecular flexibility index (Phi) is 3.15. The summed E-state index contributed by atoms with van der Waals surface area (Å²) in [6, 6.07) is 1.46. The van der Waals surface area contributed by atoms with Gasteiger partial charge in [0.1, 0.15) is 10.7 Å². The summed E-state index contributed by atoms with van der Waals surface area (Å²) < 4.78 is 71.4. The van der Waals surface area contributed by atoms with Crippen molar-refractivity contribution >= 4 is 15.7 Å². The van der Waals surface area contributed by atoms with Crippen LogP contribution in [0.1, 0.15) is 10.4 Å². The third-order valence-electron chi connectivity index (χ3n) is 1.81. The molecule has 0 aliphatic rings. The number of nitrogens with two attached hydrogens (primary N) is 1. The highest BCUT2D eigenvalue weighted by molar-refractivity contribution is 7.92. The van der Waals surface area contributed by atoms with Gasteiger partial charge in [0, 0.05) is 5.56 Å². The molecule has 1 amide bonds. The number of primary amides is 1. The number of sulfone groups is 1. The van der Waals surface area contributed by atoms with Gasteiger partial charge in [0.15, 0.2) is 0 Å². The molecule has 0 heterocycles. The average molecular weight is 271 g/mol. The highest BCUT2D eigenvalue weighted by Crippen LogP contribution is 2.32. The van der Waals surface area contributed by atoms with E-state index in [-0.39, 0.29) is 6.07 Å². The smallest absolute Gasteiger partial charge is 0.366 e. The van der Waals surface area contributed by atoms with Crippen molar-refractivity contribution in [3.63, 3.8) is 0 Å². The first-order chi connectivity index (χ1) is 7.57. The first kappa shape index (κ1) is 13.4. The van der Waals surface area contributed by atoms with Crippen molar-refractivity contribution < 1.29 is 30.8 Å². The zero-order chi connectivity index (χ0) is 13.4. The predicted molar refractivity (Wildman–Crippen MR) is 48.2 cm³/mol. The average Bonchev–Trinajstić information content (AvgIpc) is 2.15. The summed E-state index contributed by atoms with van der Waals surface area (Å²) in [5.41, 5.74) is -1.43. The van der Waals surface area contributed by atoms with Crippen LogP contribution < -0.4 is 5.73 Å². The van der Waals surface area contributed by atoms with E-state index >= 15 is 0 Å². The lowest BCUT2D eigenvalue weighted by Gasteiger charge is -2.09. The van der Waals surface area contributed by atoms with Gasteiger partial charge < -0.3 is 5.73 Å². The number of hydrogen-bond acceptors (Lipinski definition) is 3. The van der Waals surface area contributed by atoms with Crippen molar-refractivity contribution in [1.82, 2.24) is 0 Å². The Hall–Kier alpha value is -1.64. The lowest BCUT2D eigenvalue weighted by Crippen LogP contribution is -2.25. The Morgan fingerprint density at radius 1 is 1.24 bits per heavy atom. The van der Waals surface area contributed by atoms with Crippen LogP contribution in [0.25, 0.3) is 0 Å². The number of halogens is 4. The van der Waals surface area contributed by atoms with Crippen LogP contribution >= 0.6 is 0 Å². The van der Waals surface area contributed by atoms with Crippen LogP contribution in [-0.2, 0) is 9.84 Å². The van der Waals surface area contributed by atoms with Crippen molar-refractivity contribution in [2.45, 2.75) is 10.4 Å². The molecule has 1 aromatic rings. The van der Waals surface area contributed by atoms with E-state index < -0.39 is 37.5 Å². The molecule has 0 aliphatic heterocycles. The standard InChI is InChI=1S/C8H5F4NO3S/c9-5-2-1-4(7(13)14)3-6(5)17(15,16)8(10,11)12/h1-3H,(H2,13,14). The fraction of sp³-hybridized carbons (Fsp3) is 0.125. The first-order valence-electron chi connectivity index (χ1n) is 3.98. The molecule has 0 aromatic heterocycles. The zero-order valence-electron chi connectivity index (χ0n) is 7.95. The molecule has 2 N–H and O–H groups in total. The van der Waals surface area contributed by atoms with Crippen molar-refractivity contribution in [3.8, 4) is 0 Å². The summed E-state index contributed by atoms with van der Waals surface area (Å²) in [6.07, 6.45) is 0. The molecule has 0 bridgehead atoms. The van der Waals surface area contributed by atoms with E-state index in [1.807, 2.05) is 0 Å². The number of rotatable bonds is 2. The molecule has 94 valence electrons. The second-order valence-corrected chi connectivity index (χ2v) is 4.87. The van der Waals surface area contributed by atoms with Gasteiger partial charge in [-0.25, -0.2) is 12.8 Å². The molecule has 0 atom stereocenters. The van der Waals surface area contributed by atoms with Crippen LogP contribution in [0.5, 0.6) is 0 Å². The molecule has 0 fully saturated rings. The summed E-state index contributed by atoms with van der Waals surface area (Å²) >= 11 is 0. The second kappa shape index (κ2) is 3.99. The van der Waals surface area contributed by atoms with E-state index in [2.05, 4.69) is 0 Å². The van der Waals surface area contributed by atoms with Gasteiger partial charge in [-0.1, -0.05) is 0 Å². The third-order valence-corrected chi connectivity index (χ3v) is 3.31. The maximum atomic E-state index is 13.0.